The molecule has 1 fully saturated rings. The molecule has 0 aliphatic carbocycles. The van der Waals surface area contributed by atoms with Crippen molar-refractivity contribution in [3.8, 4) is 27.4 Å². The van der Waals surface area contributed by atoms with E-state index in [0.29, 0.717) is 49.4 Å². The van der Waals surface area contributed by atoms with Gasteiger partial charge in [0.25, 0.3) is 0 Å². The molecular weight excluding hydrogens is 805 g/mol. The first-order valence-corrected chi connectivity index (χ1v) is 22.5. The summed E-state index contributed by atoms with van der Waals surface area (Å²) in [6.07, 6.45) is 7.80. The van der Waals surface area contributed by atoms with Gasteiger partial charge < -0.3 is 36.4 Å². The van der Waals surface area contributed by atoms with Crippen LogP contribution in [0.5, 0.6) is 5.75 Å². The number of thiazole rings is 1. The lowest BCUT2D eigenvalue weighted by Crippen LogP contribution is -2.57. The average Bonchev–Trinajstić information content (AvgIpc) is 3.87. The Kier molecular flexibility index (Phi) is 15.5. The summed E-state index contributed by atoms with van der Waals surface area (Å²) in [6, 6.07) is 15.0. The van der Waals surface area contributed by atoms with Crippen LogP contribution in [0.25, 0.3) is 27.3 Å². The third-order valence-corrected chi connectivity index (χ3v) is 12.6. The van der Waals surface area contributed by atoms with E-state index < -0.39 is 23.6 Å². The molecule has 14 nitrogen and oxygen atoms in total. The molecule has 6 rings (SSSR count). The number of hydrogen-bond acceptors (Lipinski definition) is 11. The lowest BCUT2D eigenvalue weighted by atomic mass is 9.85. The Labute approximate surface area is 368 Å². The summed E-state index contributed by atoms with van der Waals surface area (Å²) in [4.78, 5) is 62.3. The average molecular weight is 865 g/mol. The van der Waals surface area contributed by atoms with Crippen LogP contribution in [0.3, 0.4) is 0 Å². The molecule has 0 radical (unpaired) electrons. The van der Waals surface area contributed by atoms with Crippen LogP contribution in [0.2, 0.25) is 0 Å². The molecule has 4 amide bonds. The zero-order valence-electron chi connectivity index (χ0n) is 36.2. The Morgan fingerprint density at radius 1 is 0.952 bits per heavy atom. The van der Waals surface area contributed by atoms with Crippen LogP contribution in [0.15, 0.2) is 66.2 Å². The second kappa shape index (κ2) is 20.9. The maximum Gasteiger partial charge on any atom is 0.246 e. The molecule has 6 N–H and O–H groups in total. The zero-order chi connectivity index (χ0) is 44.4. The van der Waals surface area contributed by atoms with E-state index in [1.165, 1.54) is 4.90 Å². The maximum absolute atomic E-state index is 14.0. The highest BCUT2D eigenvalue weighted by Crippen LogP contribution is 2.33. The molecule has 1 saturated heterocycles. The number of nitrogens with two attached hydrogens (primary N) is 1. The molecule has 0 saturated carbocycles. The number of rotatable bonds is 17. The maximum atomic E-state index is 14.0. The van der Waals surface area contributed by atoms with E-state index in [-0.39, 0.29) is 55.3 Å². The molecule has 2 aromatic heterocycles. The number of aliphatic hydroxyl groups is 1. The number of para-hydroxylation sites is 1. The molecule has 2 aliphatic heterocycles. The first kappa shape index (κ1) is 45.8. The van der Waals surface area contributed by atoms with Crippen molar-refractivity contribution in [1.82, 2.24) is 35.6 Å². The number of unbranched alkanes of at least 4 members (excludes halogenated alkanes) is 5. The molecule has 2 aromatic carbocycles. The van der Waals surface area contributed by atoms with Gasteiger partial charge in [0.05, 0.1) is 27.9 Å². The predicted octanol–water partition coefficient (Wildman–Crippen LogP) is 6.41. The van der Waals surface area contributed by atoms with E-state index in [1.807, 2.05) is 80.6 Å². The van der Waals surface area contributed by atoms with Crippen molar-refractivity contribution in [2.24, 2.45) is 5.41 Å². The molecule has 62 heavy (non-hydrogen) atoms. The third-order valence-electron chi connectivity index (χ3n) is 11.7. The third kappa shape index (κ3) is 11.8. The number of carbonyl (C=O) groups excluding carboxylic acids is 4. The second-order valence-electron chi connectivity index (χ2n) is 17.4. The highest BCUT2D eigenvalue weighted by molar-refractivity contribution is 7.13. The molecule has 1 unspecified atom stereocenters. The van der Waals surface area contributed by atoms with Crippen molar-refractivity contribution in [2.75, 3.05) is 25.4 Å². The molecule has 0 bridgehead atoms. The number of carbonyl (C=O) groups is 4. The number of anilines is 1. The highest BCUT2D eigenvalue weighted by atomic mass is 32.1. The number of aromatic nitrogens is 3. The van der Waals surface area contributed by atoms with E-state index in [1.54, 1.807) is 29.5 Å². The number of phenolic OH excluding ortho intramolecular Hbond substituents is 1. The summed E-state index contributed by atoms with van der Waals surface area (Å²) >= 11 is 1.58. The van der Waals surface area contributed by atoms with E-state index in [2.05, 4.69) is 25.8 Å². The topological polar surface area (TPSA) is 204 Å². The van der Waals surface area contributed by atoms with Crippen molar-refractivity contribution in [3.63, 3.8) is 0 Å². The Morgan fingerprint density at radius 2 is 1.66 bits per heavy atom. The van der Waals surface area contributed by atoms with Gasteiger partial charge in [-0.25, -0.2) is 4.98 Å². The van der Waals surface area contributed by atoms with Gasteiger partial charge in [-0.3, -0.25) is 19.2 Å². The van der Waals surface area contributed by atoms with E-state index in [0.717, 1.165) is 64.9 Å². The number of aryl methyl sites for hydroxylation is 1. The monoisotopic (exact) mass is 864 g/mol. The fourth-order valence-electron chi connectivity index (χ4n) is 8.06. The van der Waals surface area contributed by atoms with E-state index in [9.17, 15) is 29.4 Å². The van der Waals surface area contributed by atoms with Gasteiger partial charge in [-0.1, -0.05) is 88.9 Å². The molecule has 330 valence electrons. The highest BCUT2D eigenvalue weighted by Gasteiger charge is 2.44. The SMILES string of the molecule is Cc1ncsc1-c1ccc(CNC(=O)[C@@H]2C[C@@H](O)CN2C(=O)C(NC(=O)CCCCCCCCC(=O)N2CC=C(c3cc(-c4ccccc4O)nnc3N)CC2)C(C)(C)C)cc1. The van der Waals surface area contributed by atoms with Crippen LogP contribution < -0.4 is 16.4 Å². The predicted molar refractivity (Wildman–Crippen MR) is 241 cm³/mol. The van der Waals surface area contributed by atoms with Crippen molar-refractivity contribution in [3.05, 3.63) is 83.0 Å². The number of phenols is 1. The standard InChI is InChI=1S/C47H60N8O6S/c1-30-42(62-29-50-30)33-19-17-31(18-20-33)27-49-45(60)38-25-34(56)28-55(38)46(61)43(47(2,3)4)51-40(58)15-9-7-5-6-8-10-16-41(59)54-23-21-32(22-24-54)36-26-37(52-53-44(36)48)35-13-11-12-14-39(35)57/h11-14,17-21,26,29,34,38,43,56-57H,5-10,15-16,22-25,27-28H2,1-4H3,(H2,48,53)(H,49,60)(H,51,58)/t34-,38+,43?/m1/s1. The van der Waals surface area contributed by atoms with Crippen molar-refractivity contribution < 1.29 is 29.4 Å². The van der Waals surface area contributed by atoms with Crippen LogP contribution in [-0.4, -0.2) is 96.6 Å². The van der Waals surface area contributed by atoms with Crippen LogP contribution in [-0.2, 0) is 25.7 Å². The van der Waals surface area contributed by atoms with Gasteiger partial charge in [0.15, 0.2) is 5.82 Å². The minimum Gasteiger partial charge on any atom is -0.507 e. The Balaban J connectivity index is 0.884. The molecule has 4 heterocycles. The number of amides is 4. The zero-order valence-corrected chi connectivity index (χ0v) is 37.0. The Hall–Kier alpha value is -5.67. The summed E-state index contributed by atoms with van der Waals surface area (Å²) in [5, 5.41) is 35.0. The van der Waals surface area contributed by atoms with Gasteiger partial charge in [-0.2, -0.15) is 0 Å². The van der Waals surface area contributed by atoms with Crippen LogP contribution in [0.1, 0.15) is 102 Å². The van der Waals surface area contributed by atoms with Crippen molar-refractivity contribution in [2.45, 2.75) is 117 Å². The van der Waals surface area contributed by atoms with Crippen molar-refractivity contribution in [1.29, 1.82) is 0 Å². The Morgan fingerprint density at radius 3 is 2.32 bits per heavy atom. The molecular formula is C47H60N8O6S. The van der Waals surface area contributed by atoms with Gasteiger partial charge in [0.2, 0.25) is 23.6 Å². The largest absolute Gasteiger partial charge is 0.507 e. The fraction of sp³-hybridized carbons (Fsp3) is 0.468. The fourth-order valence-corrected chi connectivity index (χ4v) is 8.87. The lowest BCUT2D eigenvalue weighted by molar-refractivity contribution is -0.144. The summed E-state index contributed by atoms with van der Waals surface area (Å²) < 4.78 is 0. The number of β-amino-alcohol motifs (C(OH)–C–C–N with tert-alkyl or cyclic N) is 1. The van der Waals surface area contributed by atoms with Crippen LogP contribution in [0.4, 0.5) is 5.82 Å². The number of benzene rings is 2. The minimum atomic E-state index is -0.869. The summed E-state index contributed by atoms with van der Waals surface area (Å²) in [7, 11) is 0. The number of likely N-dealkylation sites (tertiary alicyclic amines) is 1. The van der Waals surface area contributed by atoms with E-state index in [4.69, 9.17) is 5.73 Å². The quantitative estimate of drug-likeness (QED) is 0.0739. The summed E-state index contributed by atoms with van der Waals surface area (Å²) in [5.74, 6) is -0.392. The lowest BCUT2D eigenvalue weighted by Gasteiger charge is -2.35. The first-order chi connectivity index (χ1) is 29.7. The number of nitrogens with zero attached hydrogens (tertiary/aromatic N) is 5. The smallest absolute Gasteiger partial charge is 0.246 e. The molecule has 0 spiro atoms. The number of hydrogen-bond donors (Lipinski definition) is 5. The van der Waals surface area contributed by atoms with Crippen LogP contribution >= 0.6 is 11.3 Å². The first-order valence-electron chi connectivity index (χ1n) is 21.6. The summed E-state index contributed by atoms with van der Waals surface area (Å²) in [5.41, 5.74) is 13.2. The Bertz CT molecular complexity index is 2240. The number of aliphatic hydroxyl groups excluding tert-OH is 1. The van der Waals surface area contributed by atoms with E-state index >= 15 is 0 Å². The minimum absolute atomic E-state index is 0.0211. The summed E-state index contributed by atoms with van der Waals surface area (Å²) in [6.45, 7) is 8.99. The molecule has 2 aliphatic rings. The van der Waals surface area contributed by atoms with Crippen LogP contribution in [0, 0.1) is 12.3 Å². The van der Waals surface area contributed by atoms with Gasteiger partial charge in [0.1, 0.15) is 17.8 Å². The normalized spacial score (nSPS) is 17.1. The van der Waals surface area contributed by atoms with Crippen molar-refractivity contribution >= 4 is 46.4 Å². The number of nitrogens with one attached hydrogen (secondary N) is 2. The van der Waals surface area contributed by atoms with Gasteiger partial charge >= 0.3 is 0 Å². The number of aromatic hydroxyl groups is 1. The van der Waals surface area contributed by atoms with Gasteiger partial charge in [-0.15, -0.1) is 21.5 Å². The molecule has 15 heteroatoms. The number of nitrogen functional groups attached to an aromatic ring is 1. The molecule has 3 atom stereocenters. The second-order valence-corrected chi connectivity index (χ2v) is 18.3. The van der Waals surface area contributed by atoms with Gasteiger partial charge in [0, 0.05) is 56.6 Å². The molecule has 4 aromatic rings. The van der Waals surface area contributed by atoms with Gasteiger partial charge in [-0.05, 0) is 66.5 Å².